The standard InChI is InChI=1S/C29H26O5/c1-32-25-15-14-21-17-24(13-11-22(21)18-25)29(31)34-27-9-5-4-8-26(27)33-28(30)23-12-10-19-6-2-3-7-20(19)16-23/h2-3,6-7,10-18,26-27H,4-5,8-9H2,1H3/t26-,27-/m1/s1. The molecule has 5 nitrogen and oxygen atoms in total. The van der Waals surface area contributed by atoms with Gasteiger partial charge >= 0.3 is 11.9 Å². The maximum absolute atomic E-state index is 12.9. The average Bonchev–Trinajstić information content (AvgIpc) is 2.88. The van der Waals surface area contributed by atoms with Gasteiger partial charge in [0.25, 0.3) is 0 Å². The maximum atomic E-state index is 12.9. The number of carbonyl (C=O) groups is 2. The number of fused-ring (bicyclic) bond motifs is 2. The van der Waals surface area contributed by atoms with E-state index in [-0.39, 0.29) is 0 Å². The fourth-order valence-corrected chi connectivity index (χ4v) is 4.54. The van der Waals surface area contributed by atoms with Crippen LogP contribution >= 0.6 is 0 Å². The molecule has 0 amide bonds. The van der Waals surface area contributed by atoms with E-state index in [1.165, 1.54) is 0 Å². The van der Waals surface area contributed by atoms with Crippen molar-refractivity contribution in [3.8, 4) is 5.75 Å². The van der Waals surface area contributed by atoms with Crippen molar-refractivity contribution in [3.05, 3.63) is 90.0 Å². The molecule has 5 rings (SSSR count). The third kappa shape index (κ3) is 4.60. The van der Waals surface area contributed by atoms with Gasteiger partial charge in [-0.2, -0.15) is 0 Å². The van der Waals surface area contributed by atoms with Crippen molar-refractivity contribution in [2.45, 2.75) is 37.9 Å². The topological polar surface area (TPSA) is 61.8 Å². The van der Waals surface area contributed by atoms with Crippen LogP contribution in [-0.2, 0) is 9.47 Å². The van der Waals surface area contributed by atoms with Crippen LogP contribution in [0.4, 0.5) is 0 Å². The maximum Gasteiger partial charge on any atom is 0.338 e. The van der Waals surface area contributed by atoms with Gasteiger partial charge in [0, 0.05) is 0 Å². The molecular weight excluding hydrogens is 428 g/mol. The molecule has 0 spiro atoms. The Morgan fingerprint density at radius 3 is 1.76 bits per heavy atom. The summed E-state index contributed by atoms with van der Waals surface area (Å²) >= 11 is 0. The van der Waals surface area contributed by atoms with Crippen molar-refractivity contribution >= 4 is 33.5 Å². The third-order valence-corrected chi connectivity index (χ3v) is 6.43. The molecule has 0 unspecified atom stereocenters. The van der Waals surface area contributed by atoms with E-state index in [4.69, 9.17) is 14.2 Å². The van der Waals surface area contributed by atoms with Gasteiger partial charge in [0.05, 0.1) is 18.2 Å². The summed E-state index contributed by atoms with van der Waals surface area (Å²) in [5.74, 6) is -0.0316. The lowest BCUT2D eigenvalue weighted by Gasteiger charge is -2.30. The van der Waals surface area contributed by atoms with Crippen LogP contribution in [0.5, 0.6) is 5.75 Å². The summed E-state index contributed by atoms with van der Waals surface area (Å²) < 4.78 is 17.0. The second-order valence-corrected chi connectivity index (χ2v) is 8.66. The normalized spacial score (nSPS) is 17.9. The van der Waals surface area contributed by atoms with Crippen LogP contribution in [0, 0.1) is 0 Å². The van der Waals surface area contributed by atoms with Gasteiger partial charge in [-0.1, -0.05) is 42.5 Å². The van der Waals surface area contributed by atoms with Crippen LogP contribution in [0.15, 0.2) is 78.9 Å². The summed E-state index contributed by atoms with van der Waals surface area (Å²) in [5.41, 5.74) is 0.974. The minimum atomic E-state index is -0.461. The largest absolute Gasteiger partial charge is 0.497 e. The highest BCUT2D eigenvalue weighted by molar-refractivity contribution is 5.96. The predicted octanol–water partition coefficient (Wildman–Crippen LogP) is 6.33. The summed E-state index contributed by atoms with van der Waals surface area (Å²) in [6.45, 7) is 0. The van der Waals surface area contributed by atoms with Gasteiger partial charge in [-0.05, 0) is 83.6 Å². The lowest BCUT2D eigenvalue weighted by molar-refractivity contribution is -0.0514. The molecule has 34 heavy (non-hydrogen) atoms. The van der Waals surface area contributed by atoms with Gasteiger partial charge in [0.1, 0.15) is 18.0 Å². The van der Waals surface area contributed by atoms with Gasteiger partial charge in [0.2, 0.25) is 0 Å². The van der Waals surface area contributed by atoms with Crippen molar-refractivity contribution in [3.63, 3.8) is 0 Å². The van der Waals surface area contributed by atoms with Crippen LogP contribution in [0.2, 0.25) is 0 Å². The number of ether oxygens (including phenoxy) is 3. The molecule has 4 aromatic rings. The number of hydrogen-bond acceptors (Lipinski definition) is 5. The molecule has 1 saturated carbocycles. The van der Waals surface area contributed by atoms with E-state index in [1.54, 1.807) is 19.2 Å². The molecule has 0 bridgehead atoms. The lowest BCUT2D eigenvalue weighted by atomic mass is 9.94. The summed E-state index contributed by atoms with van der Waals surface area (Å²) in [5, 5.41) is 3.96. The predicted molar refractivity (Wildman–Crippen MR) is 131 cm³/mol. The summed E-state index contributed by atoms with van der Waals surface area (Å²) in [6, 6.07) is 24.6. The SMILES string of the molecule is COc1ccc2cc(C(=O)O[C@@H]3CCCC[C@H]3OC(=O)c3ccc4ccccc4c3)ccc2c1. The van der Waals surface area contributed by atoms with E-state index >= 15 is 0 Å². The van der Waals surface area contributed by atoms with E-state index in [0.29, 0.717) is 24.0 Å². The van der Waals surface area contributed by atoms with Crippen molar-refractivity contribution in [1.82, 2.24) is 0 Å². The zero-order valence-corrected chi connectivity index (χ0v) is 19.0. The molecule has 1 fully saturated rings. The van der Waals surface area contributed by atoms with Gasteiger partial charge in [0.15, 0.2) is 0 Å². The Balaban J connectivity index is 1.29. The monoisotopic (exact) mass is 454 g/mol. The van der Waals surface area contributed by atoms with E-state index in [1.807, 2.05) is 66.7 Å². The zero-order chi connectivity index (χ0) is 23.5. The first-order valence-electron chi connectivity index (χ1n) is 11.6. The molecule has 2 atom stereocenters. The molecule has 0 heterocycles. The molecule has 5 heteroatoms. The molecule has 1 aliphatic carbocycles. The molecule has 4 aromatic carbocycles. The minimum absolute atomic E-state index is 0.390. The Hall–Kier alpha value is -3.86. The second-order valence-electron chi connectivity index (χ2n) is 8.66. The van der Waals surface area contributed by atoms with E-state index in [0.717, 1.165) is 40.1 Å². The first kappa shape index (κ1) is 22.0. The van der Waals surface area contributed by atoms with Crippen molar-refractivity contribution in [2.75, 3.05) is 7.11 Å². The Bertz CT molecular complexity index is 1360. The lowest BCUT2D eigenvalue weighted by Crippen LogP contribution is -2.37. The summed E-state index contributed by atoms with van der Waals surface area (Å²) in [4.78, 5) is 25.8. The fraction of sp³-hybridized carbons (Fsp3) is 0.241. The Kier molecular flexibility index (Phi) is 6.17. The van der Waals surface area contributed by atoms with Crippen LogP contribution in [0.25, 0.3) is 21.5 Å². The molecule has 0 radical (unpaired) electrons. The molecule has 0 saturated heterocycles. The molecule has 172 valence electrons. The Morgan fingerprint density at radius 2 is 1.15 bits per heavy atom. The summed E-state index contributed by atoms with van der Waals surface area (Å²) in [7, 11) is 1.63. The fourth-order valence-electron chi connectivity index (χ4n) is 4.54. The quantitative estimate of drug-likeness (QED) is 0.330. The second kappa shape index (κ2) is 9.56. The first-order valence-corrected chi connectivity index (χ1v) is 11.6. The van der Waals surface area contributed by atoms with Crippen LogP contribution in [0.1, 0.15) is 46.4 Å². The van der Waals surface area contributed by atoms with Crippen molar-refractivity contribution in [1.29, 1.82) is 0 Å². The van der Waals surface area contributed by atoms with Crippen LogP contribution in [-0.4, -0.2) is 31.3 Å². The Morgan fingerprint density at radius 1 is 0.647 bits per heavy atom. The van der Waals surface area contributed by atoms with E-state index in [2.05, 4.69) is 0 Å². The van der Waals surface area contributed by atoms with Gasteiger partial charge in [-0.15, -0.1) is 0 Å². The van der Waals surface area contributed by atoms with Gasteiger partial charge in [-0.25, -0.2) is 9.59 Å². The van der Waals surface area contributed by atoms with Gasteiger partial charge < -0.3 is 14.2 Å². The highest BCUT2D eigenvalue weighted by Gasteiger charge is 2.32. The minimum Gasteiger partial charge on any atom is -0.497 e. The van der Waals surface area contributed by atoms with Crippen molar-refractivity contribution < 1.29 is 23.8 Å². The number of rotatable bonds is 5. The number of benzene rings is 4. The molecule has 0 N–H and O–H groups in total. The highest BCUT2D eigenvalue weighted by Crippen LogP contribution is 2.27. The molecule has 1 aliphatic rings. The average molecular weight is 455 g/mol. The highest BCUT2D eigenvalue weighted by atomic mass is 16.6. The van der Waals surface area contributed by atoms with Crippen LogP contribution in [0.3, 0.4) is 0 Å². The number of hydrogen-bond donors (Lipinski definition) is 0. The smallest absolute Gasteiger partial charge is 0.338 e. The number of methoxy groups -OCH3 is 1. The molecule has 0 aliphatic heterocycles. The molecule has 0 aromatic heterocycles. The number of carbonyl (C=O) groups excluding carboxylic acids is 2. The van der Waals surface area contributed by atoms with Crippen LogP contribution < -0.4 is 4.74 Å². The first-order chi connectivity index (χ1) is 16.6. The Labute approximate surface area is 198 Å². The molecular formula is C29H26O5. The van der Waals surface area contributed by atoms with E-state index < -0.39 is 24.1 Å². The van der Waals surface area contributed by atoms with E-state index in [9.17, 15) is 9.59 Å². The van der Waals surface area contributed by atoms with Crippen molar-refractivity contribution in [2.24, 2.45) is 0 Å². The number of esters is 2. The summed E-state index contributed by atoms with van der Waals surface area (Å²) in [6.07, 6.45) is 2.29. The van der Waals surface area contributed by atoms with Gasteiger partial charge in [-0.3, -0.25) is 0 Å². The third-order valence-electron chi connectivity index (χ3n) is 6.43. The zero-order valence-electron chi connectivity index (χ0n) is 19.0.